The van der Waals surface area contributed by atoms with Gasteiger partial charge in [0.2, 0.25) is 11.8 Å². The lowest BCUT2D eigenvalue weighted by molar-refractivity contribution is -0.132. The number of nitrogens with zero attached hydrogens (tertiary/aromatic N) is 2. The topological polar surface area (TPSA) is 69.7 Å². The Hall–Kier alpha value is -2.90. The molecule has 0 aromatic heterocycles. The van der Waals surface area contributed by atoms with Crippen LogP contribution in [0.3, 0.4) is 0 Å². The van der Waals surface area contributed by atoms with Crippen LogP contribution in [-0.2, 0) is 19.9 Å². The maximum Gasteiger partial charge on any atom is 0.253 e. The first-order valence-electron chi connectivity index (χ1n) is 11.2. The Morgan fingerprint density at radius 1 is 1.06 bits per heavy atom. The first kappa shape index (κ1) is 21.9. The summed E-state index contributed by atoms with van der Waals surface area (Å²) in [5.41, 5.74) is 1.70. The van der Waals surface area contributed by atoms with Gasteiger partial charge in [0.05, 0.1) is 17.5 Å². The Morgan fingerprint density at radius 2 is 1.76 bits per heavy atom. The summed E-state index contributed by atoms with van der Waals surface area (Å²) >= 11 is 1.69. The van der Waals surface area contributed by atoms with Gasteiger partial charge in [0.25, 0.3) is 5.91 Å². The predicted molar refractivity (Wildman–Crippen MR) is 131 cm³/mol. The summed E-state index contributed by atoms with van der Waals surface area (Å²) in [5.74, 6) is -1.27. The van der Waals surface area contributed by atoms with E-state index in [1.54, 1.807) is 28.8 Å². The van der Waals surface area contributed by atoms with Crippen molar-refractivity contribution in [1.82, 2.24) is 5.32 Å². The molecule has 2 fully saturated rings. The van der Waals surface area contributed by atoms with Crippen LogP contribution in [0.4, 0.5) is 11.4 Å². The van der Waals surface area contributed by atoms with E-state index < -0.39 is 17.4 Å². The molecule has 0 bridgehead atoms. The van der Waals surface area contributed by atoms with Crippen LogP contribution in [-0.4, -0.2) is 42.3 Å². The zero-order chi connectivity index (χ0) is 23.3. The van der Waals surface area contributed by atoms with Crippen LogP contribution in [0.25, 0.3) is 0 Å². The minimum Gasteiger partial charge on any atom is -0.306 e. The van der Waals surface area contributed by atoms with E-state index in [1.807, 2.05) is 55.6 Å². The molecule has 5 rings (SSSR count). The lowest BCUT2D eigenvalue weighted by Crippen LogP contribution is -2.55. The van der Waals surface area contributed by atoms with Gasteiger partial charge in [0, 0.05) is 23.8 Å². The highest BCUT2D eigenvalue weighted by Crippen LogP contribution is 2.55. The van der Waals surface area contributed by atoms with E-state index in [0.29, 0.717) is 18.7 Å². The first-order valence-corrected chi connectivity index (χ1v) is 12.6. The second kappa shape index (κ2) is 8.15. The number of benzene rings is 2. The van der Waals surface area contributed by atoms with Gasteiger partial charge in [-0.25, -0.2) is 4.90 Å². The van der Waals surface area contributed by atoms with Crippen molar-refractivity contribution in [2.24, 2.45) is 11.8 Å². The van der Waals surface area contributed by atoms with Crippen molar-refractivity contribution in [3.05, 3.63) is 72.3 Å². The number of imide groups is 1. The minimum atomic E-state index is -1.25. The van der Waals surface area contributed by atoms with Crippen LogP contribution in [0, 0.1) is 11.8 Å². The van der Waals surface area contributed by atoms with Gasteiger partial charge in [-0.3, -0.25) is 19.7 Å². The third-order valence-corrected chi connectivity index (χ3v) is 7.59. The van der Waals surface area contributed by atoms with E-state index in [-0.39, 0.29) is 23.8 Å². The quantitative estimate of drug-likeness (QED) is 0.528. The average molecular weight is 462 g/mol. The maximum atomic E-state index is 14.1. The molecule has 3 amide bonds. The van der Waals surface area contributed by atoms with Crippen LogP contribution >= 0.6 is 11.8 Å². The number of hydrogen-bond donors (Lipinski definition) is 1. The summed E-state index contributed by atoms with van der Waals surface area (Å²) in [4.78, 5) is 44.8. The monoisotopic (exact) mass is 461 g/mol. The molecule has 3 aliphatic rings. The van der Waals surface area contributed by atoms with Crippen molar-refractivity contribution in [3.8, 4) is 0 Å². The Labute approximate surface area is 198 Å². The lowest BCUT2D eigenvalue weighted by atomic mass is 9.76. The Morgan fingerprint density at radius 3 is 2.45 bits per heavy atom. The van der Waals surface area contributed by atoms with Crippen molar-refractivity contribution >= 4 is 40.9 Å². The van der Waals surface area contributed by atoms with Crippen molar-refractivity contribution in [2.75, 3.05) is 28.4 Å². The number of rotatable bonds is 6. The molecule has 170 valence electrons. The fourth-order valence-electron chi connectivity index (χ4n) is 5.70. The van der Waals surface area contributed by atoms with Crippen molar-refractivity contribution in [2.45, 2.75) is 24.9 Å². The summed E-state index contributed by atoms with van der Waals surface area (Å²) in [5, 5.41) is 3.54. The van der Waals surface area contributed by atoms with E-state index >= 15 is 0 Å². The summed E-state index contributed by atoms with van der Waals surface area (Å²) < 4.78 is 0. The second-order valence-corrected chi connectivity index (χ2v) is 10.0. The largest absolute Gasteiger partial charge is 0.306 e. The molecule has 0 aliphatic carbocycles. The van der Waals surface area contributed by atoms with Gasteiger partial charge in [-0.1, -0.05) is 48.6 Å². The molecule has 7 heteroatoms. The molecule has 0 unspecified atom stereocenters. The van der Waals surface area contributed by atoms with Crippen LogP contribution in [0.1, 0.15) is 18.9 Å². The summed E-state index contributed by atoms with van der Waals surface area (Å²) in [6.45, 7) is 6.25. The van der Waals surface area contributed by atoms with E-state index in [0.717, 1.165) is 22.6 Å². The second-order valence-electron chi connectivity index (χ2n) is 9.06. The number of anilines is 2. The number of fused-ring (bicyclic) bond motifs is 4. The van der Waals surface area contributed by atoms with Gasteiger partial charge in [-0.05, 0) is 43.6 Å². The number of hydrogen-bond acceptors (Lipinski definition) is 5. The molecule has 2 aromatic carbocycles. The van der Waals surface area contributed by atoms with Gasteiger partial charge in [-0.15, -0.1) is 0 Å². The molecular weight excluding hydrogens is 434 g/mol. The van der Waals surface area contributed by atoms with Crippen molar-refractivity contribution < 1.29 is 14.4 Å². The molecular formula is C26H27N3O3S. The van der Waals surface area contributed by atoms with Crippen molar-refractivity contribution in [1.29, 1.82) is 0 Å². The molecule has 6 nitrogen and oxygen atoms in total. The minimum absolute atomic E-state index is 0.176. The Balaban J connectivity index is 1.67. The van der Waals surface area contributed by atoms with E-state index in [1.165, 1.54) is 4.90 Å². The van der Waals surface area contributed by atoms with Gasteiger partial charge in [0.1, 0.15) is 5.54 Å². The number of para-hydroxylation sites is 2. The Kier molecular flexibility index (Phi) is 5.41. The lowest BCUT2D eigenvalue weighted by Gasteiger charge is -2.30. The number of amides is 3. The fourth-order valence-corrected chi connectivity index (χ4v) is 6.19. The smallest absolute Gasteiger partial charge is 0.253 e. The summed E-state index contributed by atoms with van der Waals surface area (Å²) in [7, 11) is 0. The number of nitrogens with one attached hydrogen (secondary N) is 1. The third kappa shape index (κ3) is 3.09. The number of thioether (sulfide) groups is 1. The zero-order valence-electron chi connectivity index (χ0n) is 18.8. The molecule has 1 spiro atoms. The van der Waals surface area contributed by atoms with Crippen LogP contribution in [0.5, 0.6) is 0 Å². The van der Waals surface area contributed by atoms with E-state index in [4.69, 9.17) is 0 Å². The summed E-state index contributed by atoms with van der Waals surface area (Å²) in [6, 6.07) is 16.4. The van der Waals surface area contributed by atoms with Gasteiger partial charge in [-0.2, -0.15) is 11.8 Å². The van der Waals surface area contributed by atoms with Gasteiger partial charge >= 0.3 is 0 Å². The Bertz CT molecular complexity index is 1150. The SMILES string of the molecule is C=C(C)CN1C(=O)[C@]2(N[C@@H](CCSC)[C@H]3C(=O)N(c4ccccc4)C(=O)[C@H]32)c2ccccc21. The molecule has 3 aliphatic heterocycles. The van der Waals surface area contributed by atoms with Gasteiger partial charge < -0.3 is 4.90 Å². The molecule has 33 heavy (non-hydrogen) atoms. The number of carbonyl (C=O) groups excluding carboxylic acids is 3. The first-order chi connectivity index (χ1) is 15.9. The number of carbonyl (C=O) groups is 3. The molecule has 2 aromatic rings. The average Bonchev–Trinajstić information content (AvgIpc) is 3.37. The van der Waals surface area contributed by atoms with Gasteiger partial charge in [0.15, 0.2) is 0 Å². The van der Waals surface area contributed by atoms with Crippen LogP contribution < -0.4 is 15.1 Å². The molecule has 1 N–H and O–H groups in total. The highest BCUT2D eigenvalue weighted by Gasteiger charge is 2.71. The van der Waals surface area contributed by atoms with E-state index in [9.17, 15) is 14.4 Å². The third-order valence-electron chi connectivity index (χ3n) is 6.94. The zero-order valence-corrected chi connectivity index (χ0v) is 19.6. The summed E-state index contributed by atoms with van der Waals surface area (Å²) in [6.07, 6.45) is 2.71. The maximum absolute atomic E-state index is 14.1. The normalized spacial score (nSPS) is 28.1. The van der Waals surface area contributed by atoms with E-state index in [2.05, 4.69) is 11.9 Å². The molecule has 0 saturated carbocycles. The molecule has 2 saturated heterocycles. The highest BCUT2D eigenvalue weighted by atomic mass is 32.2. The predicted octanol–water partition coefficient (Wildman–Crippen LogP) is 3.34. The van der Waals surface area contributed by atoms with Crippen LogP contribution in [0.15, 0.2) is 66.7 Å². The van der Waals surface area contributed by atoms with Crippen LogP contribution in [0.2, 0.25) is 0 Å². The molecule has 0 radical (unpaired) electrons. The van der Waals surface area contributed by atoms with Crippen molar-refractivity contribution in [3.63, 3.8) is 0 Å². The molecule has 4 atom stereocenters. The highest BCUT2D eigenvalue weighted by molar-refractivity contribution is 7.98. The standard InChI is InChI=1S/C26H27N3O3S/c1-16(2)15-28-20-12-8-7-11-18(20)26(25(28)32)22-21(19(27-26)13-14-33-3)23(30)29(24(22)31)17-9-5-4-6-10-17/h4-12,19,21-22,27H,1,13-15H2,2-3H3/t19-,21+,22-,26-/m0/s1. The fraction of sp³-hybridized carbons (Fsp3) is 0.346. The molecule has 3 heterocycles.